The number of carbonyl (C=O) groups excluding carboxylic acids is 1. The van der Waals surface area contributed by atoms with E-state index in [9.17, 15) is 14.1 Å². The molecule has 3 N–H and O–H groups in total. The first-order valence-electron chi connectivity index (χ1n) is 14.9. The van der Waals surface area contributed by atoms with E-state index in [1.54, 1.807) is 6.20 Å². The lowest BCUT2D eigenvalue weighted by molar-refractivity contribution is -0.137. The second-order valence-corrected chi connectivity index (χ2v) is 11.2. The molecule has 1 aliphatic heterocycles. The second kappa shape index (κ2) is 12.9. The first-order chi connectivity index (χ1) is 21.8. The molecule has 0 saturated heterocycles. The van der Waals surface area contributed by atoms with Gasteiger partial charge in [-0.3, -0.25) is 9.59 Å². The molecule has 5 aromatic rings. The largest absolute Gasteiger partial charge is 0.481 e. The van der Waals surface area contributed by atoms with Gasteiger partial charge in [-0.05, 0) is 61.1 Å². The highest BCUT2D eigenvalue weighted by Gasteiger charge is 2.22. The predicted molar refractivity (Wildman–Crippen MR) is 162 cm³/mol. The lowest BCUT2D eigenvalue weighted by atomic mass is 9.89. The van der Waals surface area contributed by atoms with E-state index in [1.807, 2.05) is 24.3 Å². The Hall–Kier alpha value is -5.06. The van der Waals surface area contributed by atoms with Crippen LogP contribution in [-0.4, -0.2) is 38.3 Å². The SMILES string of the molecule is O=C(O)CCc1cccc(C2CCCCNC(=O)CCc3c(c(F)cc4c3ccn4F)Oc3ccc(F)c(c3)-c3ncc2[nH]3)c1. The fourth-order valence-electron chi connectivity index (χ4n) is 5.89. The van der Waals surface area contributed by atoms with Gasteiger partial charge in [-0.1, -0.05) is 35.2 Å². The molecule has 1 unspecified atom stereocenters. The van der Waals surface area contributed by atoms with Gasteiger partial charge >= 0.3 is 5.97 Å². The van der Waals surface area contributed by atoms with Gasteiger partial charge in [-0.2, -0.15) is 4.79 Å². The van der Waals surface area contributed by atoms with Crippen molar-refractivity contribution in [3.05, 3.63) is 101 Å². The van der Waals surface area contributed by atoms with Crippen LogP contribution in [0.1, 0.15) is 60.4 Å². The van der Waals surface area contributed by atoms with Crippen LogP contribution in [0.25, 0.3) is 22.3 Å². The zero-order valence-electron chi connectivity index (χ0n) is 24.3. The van der Waals surface area contributed by atoms with Crippen molar-refractivity contribution in [3.8, 4) is 22.9 Å². The van der Waals surface area contributed by atoms with Crippen LogP contribution in [0.5, 0.6) is 11.5 Å². The van der Waals surface area contributed by atoms with E-state index in [0.717, 1.165) is 29.3 Å². The average Bonchev–Trinajstić information content (AvgIpc) is 3.65. The van der Waals surface area contributed by atoms with E-state index < -0.39 is 17.6 Å². The second-order valence-electron chi connectivity index (χ2n) is 11.2. The number of nitrogens with zero attached hydrogens (tertiary/aromatic N) is 2. The Bertz CT molecular complexity index is 1880. The lowest BCUT2D eigenvalue weighted by Crippen LogP contribution is -2.24. The quantitative estimate of drug-likeness (QED) is 0.198. The molecular weight excluding hydrogens is 585 g/mol. The van der Waals surface area contributed by atoms with Crippen LogP contribution >= 0.6 is 0 Å². The van der Waals surface area contributed by atoms with Gasteiger partial charge in [0.25, 0.3) is 0 Å². The van der Waals surface area contributed by atoms with Crippen LogP contribution in [0.15, 0.2) is 67.0 Å². The molecule has 1 atom stereocenters. The number of carbonyl (C=O) groups is 2. The summed E-state index contributed by atoms with van der Waals surface area (Å²) < 4.78 is 50.9. The van der Waals surface area contributed by atoms with Crippen LogP contribution in [0.2, 0.25) is 0 Å². The minimum absolute atomic E-state index is 0.0154. The number of benzene rings is 3. The fraction of sp³-hybridized carbons (Fsp3) is 0.265. The summed E-state index contributed by atoms with van der Waals surface area (Å²) in [5.74, 6) is -2.40. The van der Waals surface area contributed by atoms with Crippen LogP contribution in [0.4, 0.5) is 13.3 Å². The van der Waals surface area contributed by atoms with Gasteiger partial charge in [-0.15, -0.1) is 0 Å². The first kappa shape index (κ1) is 30.0. The van der Waals surface area contributed by atoms with E-state index in [-0.39, 0.29) is 59.5 Å². The van der Waals surface area contributed by atoms with E-state index in [2.05, 4.69) is 15.3 Å². The first-order valence-corrected chi connectivity index (χ1v) is 14.9. The van der Waals surface area contributed by atoms with E-state index in [4.69, 9.17) is 9.84 Å². The number of aromatic amines is 1. The summed E-state index contributed by atoms with van der Waals surface area (Å²) in [5, 5.41) is 12.5. The number of fused-ring (bicyclic) bond motifs is 8. The van der Waals surface area contributed by atoms with Crippen molar-refractivity contribution >= 4 is 22.8 Å². The fourth-order valence-corrected chi connectivity index (χ4v) is 5.89. The Morgan fingerprint density at radius 2 is 1.93 bits per heavy atom. The van der Waals surface area contributed by atoms with Crippen molar-refractivity contribution in [2.24, 2.45) is 0 Å². The van der Waals surface area contributed by atoms with Crippen molar-refractivity contribution < 1.29 is 32.7 Å². The summed E-state index contributed by atoms with van der Waals surface area (Å²) in [6.07, 6.45) is 5.47. The Labute approximate surface area is 256 Å². The van der Waals surface area contributed by atoms with Crippen LogP contribution in [0, 0.1) is 11.6 Å². The number of rotatable bonds is 4. The minimum atomic E-state index is -0.872. The summed E-state index contributed by atoms with van der Waals surface area (Å²) in [6.45, 7) is 0.428. The molecule has 3 heterocycles. The molecule has 3 aromatic carbocycles. The molecule has 6 rings (SSSR count). The van der Waals surface area contributed by atoms with Crippen molar-refractivity contribution in [1.29, 1.82) is 0 Å². The molecule has 1 amide bonds. The van der Waals surface area contributed by atoms with Gasteiger partial charge in [0, 0.05) is 60.4 Å². The molecule has 0 fully saturated rings. The smallest absolute Gasteiger partial charge is 0.303 e. The number of H-pyrrole nitrogens is 1. The maximum Gasteiger partial charge on any atom is 0.303 e. The topological polar surface area (TPSA) is 109 Å². The van der Waals surface area contributed by atoms with Crippen LogP contribution in [0.3, 0.4) is 0 Å². The Kier molecular flexibility index (Phi) is 8.59. The van der Waals surface area contributed by atoms with Crippen molar-refractivity contribution in [3.63, 3.8) is 0 Å². The molecule has 1 aliphatic rings. The Balaban J connectivity index is 1.40. The van der Waals surface area contributed by atoms with E-state index >= 15 is 8.78 Å². The van der Waals surface area contributed by atoms with Crippen molar-refractivity contribution in [2.75, 3.05) is 6.54 Å². The molecule has 0 spiro atoms. The van der Waals surface area contributed by atoms with Gasteiger partial charge in [0.05, 0.1) is 11.1 Å². The molecule has 0 radical (unpaired) electrons. The molecule has 0 saturated carbocycles. The molecule has 8 nitrogen and oxygen atoms in total. The third-order valence-electron chi connectivity index (χ3n) is 8.17. The Morgan fingerprint density at radius 1 is 1.07 bits per heavy atom. The minimum Gasteiger partial charge on any atom is -0.481 e. The molecule has 11 heteroatoms. The van der Waals surface area contributed by atoms with Crippen LogP contribution in [-0.2, 0) is 22.4 Å². The third kappa shape index (κ3) is 6.57. The number of amides is 1. The number of ether oxygens (including phenoxy) is 1. The van der Waals surface area contributed by atoms with Crippen molar-refractivity contribution in [1.82, 2.24) is 20.1 Å². The van der Waals surface area contributed by atoms with Crippen molar-refractivity contribution in [2.45, 2.75) is 50.9 Å². The van der Waals surface area contributed by atoms with Gasteiger partial charge in [0.15, 0.2) is 11.6 Å². The number of imidazole rings is 1. The number of hydrogen-bond acceptors (Lipinski definition) is 4. The highest BCUT2D eigenvalue weighted by Crippen LogP contribution is 2.38. The Morgan fingerprint density at radius 3 is 2.78 bits per heavy atom. The number of halogens is 3. The molecular formula is C34H31F3N4O4. The standard InChI is InChI=1S/C34H31F3N4O4/c35-27-10-8-22-17-26(27)34-39-19-29(40-34)23(21-5-3-4-20(16-21)7-12-32(43)44)6-1-2-14-38-31(42)11-9-25-24-13-15-41(37)30(24)18-28(36)33(25)45-22/h3-5,8,10,13,15-19,23H,1-2,6-7,9,11-12,14H2,(H,38,42)(H,39,40)(H,43,44). The number of hydrogen-bond donors (Lipinski definition) is 3. The van der Waals surface area contributed by atoms with Gasteiger partial charge in [0.2, 0.25) is 5.91 Å². The summed E-state index contributed by atoms with van der Waals surface area (Å²) >= 11 is 0. The molecule has 232 valence electrons. The average molecular weight is 617 g/mol. The summed E-state index contributed by atoms with van der Waals surface area (Å²) in [5.41, 5.74) is 3.06. The highest BCUT2D eigenvalue weighted by atomic mass is 19.2. The maximum absolute atomic E-state index is 15.4. The van der Waals surface area contributed by atoms with E-state index in [0.29, 0.717) is 41.5 Å². The lowest BCUT2D eigenvalue weighted by Gasteiger charge is -2.18. The number of carboxylic acid groups (broad SMARTS) is 1. The molecule has 45 heavy (non-hydrogen) atoms. The summed E-state index contributed by atoms with van der Waals surface area (Å²) in [7, 11) is 0. The zero-order valence-corrected chi connectivity index (χ0v) is 24.3. The summed E-state index contributed by atoms with van der Waals surface area (Å²) in [4.78, 5) is 32.0. The molecule has 4 bridgehead atoms. The number of nitrogens with one attached hydrogen (secondary N) is 2. The number of carboxylic acids is 1. The van der Waals surface area contributed by atoms with Gasteiger partial charge < -0.3 is 20.1 Å². The highest BCUT2D eigenvalue weighted by molar-refractivity contribution is 5.87. The van der Waals surface area contributed by atoms with E-state index in [1.165, 1.54) is 30.5 Å². The summed E-state index contributed by atoms with van der Waals surface area (Å²) in [6, 6.07) is 14.3. The van der Waals surface area contributed by atoms with Gasteiger partial charge in [0.1, 0.15) is 17.4 Å². The third-order valence-corrected chi connectivity index (χ3v) is 8.17. The maximum atomic E-state index is 15.4. The van der Waals surface area contributed by atoms with Crippen LogP contribution < -0.4 is 10.1 Å². The molecule has 2 aromatic heterocycles. The predicted octanol–water partition coefficient (Wildman–Crippen LogP) is 7.22. The monoisotopic (exact) mass is 616 g/mol. The number of aryl methyl sites for hydroxylation is 2. The molecule has 0 aliphatic carbocycles. The number of aliphatic carboxylic acids is 1. The zero-order chi connectivity index (χ0) is 31.5. The number of aromatic nitrogens is 3. The van der Waals surface area contributed by atoms with Gasteiger partial charge in [-0.25, -0.2) is 13.8 Å². The normalized spacial score (nSPS) is 15.9.